The molecule has 38 heavy (non-hydrogen) atoms. The van der Waals surface area contributed by atoms with Gasteiger partial charge in [-0.1, -0.05) is 133 Å². The van der Waals surface area contributed by atoms with Crippen LogP contribution in [-0.4, -0.2) is 13.1 Å². The maximum Gasteiger partial charge on any atom is -0.00773 e. The van der Waals surface area contributed by atoms with Gasteiger partial charge in [-0.25, -0.2) is 0 Å². The Kier molecular flexibility index (Phi) is 31.6. The van der Waals surface area contributed by atoms with Gasteiger partial charge >= 0.3 is 0 Å². The fraction of sp³-hybridized carbons (Fsp3) is 0.833. The molecule has 0 radical (unpaired) electrons. The zero-order chi connectivity index (χ0) is 27.8. The molecule has 0 aromatic heterocycles. The van der Waals surface area contributed by atoms with Crippen molar-refractivity contribution in [1.29, 1.82) is 0 Å². The van der Waals surface area contributed by atoms with Crippen LogP contribution in [0.1, 0.15) is 174 Å². The van der Waals surface area contributed by atoms with Gasteiger partial charge < -0.3 is 11.5 Å². The summed E-state index contributed by atoms with van der Waals surface area (Å²) in [5.74, 6) is 0.769. The summed E-state index contributed by atoms with van der Waals surface area (Å²) < 4.78 is 0. The molecule has 0 aliphatic carbocycles. The van der Waals surface area contributed by atoms with Gasteiger partial charge in [-0.2, -0.15) is 0 Å². The molecule has 1 unspecified atom stereocenters. The third kappa shape index (κ3) is 26.7. The van der Waals surface area contributed by atoms with Crippen LogP contribution in [0.3, 0.4) is 0 Å². The Morgan fingerprint density at radius 2 is 1.00 bits per heavy atom. The molecule has 0 spiro atoms. The van der Waals surface area contributed by atoms with Crippen LogP contribution in [-0.2, 0) is 0 Å². The molecule has 0 aromatic rings. The normalized spacial score (nSPS) is 13.3. The van der Waals surface area contributed by atoms with Gasteiger partial charge in [0, 0.05) is 0 Å². The van der Waals surface area contributed by atoms with Crippen LogP contribution in [0.5, 0.6) is 0 Å². The summed E-state index contributed by atoms with van der Waals surface area (Å²) in [6.07, 6.45) is 45.3. The number of unbranched alkanes of at least 4 members (excludes halogenated alkanes) is 16. The first-order valence-electron chi connectivity index (χ1n) is 17.2. The van der Waals surface area contributed by atoms with Gasteiger partial charge in [-0.3, -0.25) is 0 Å². The fourth-order valence-corrected chi connectivity index (χ4v) is 5.40. The highest BCUT2D eigenvalue weighted by Gasteiger charge is 2.13. The van der Waals surface area contributed by atoms with Crippen LogP contribution < -0.4 is 11.5 Å². The van der Waals surface area contributed by atoms with Crippen LogP contribution >= 0.6 is 0 Å². The summed E-state index contributed by atoms with van der Waals surface area (Å²) in [6, 6.07) is 0. The van der Waals surface area contributed by atoms with E-state index in [2.05, 4.69) is 44.2 Å². The van der Waals surface area contributed by atoms with Crippen molar-refractivity contribution in [3.05, 3.63) is 36.0 Å². The lowest BCUT2D eigenvalue weighted by Gasteiger charge is -2.21. The number of rotatable bonds is 30. The van der Waals surface area contributed by atoms with Gasteiger partial charge in [0.15, 0.2) is 0 Å². The molecule has 1 atom stereocenters. The van der Waals surface area contributed by atoms with Gasteiger partial charge in [0.2, 0.25) is 0 Å². The first-order chi connectivity index (χ1) is 18.8. The number of hydrogen-bond acceptors (Lipinski definition) is 2. The third-order valence-electron chi connectivity index (χ3n) is 7.93. The standard InChI is InChI=1S/C36H70N2/c1-3-5-7-9-11-17-23-29-35(31-25-19-13-15-21-27-33-37)36(30-24-18-12-10-8-6-4-2)32-26-20-14-16-22-28-34-38/h11-12,17-18,29,36H,3-10,13-16,19-28,30-34,37-38H2,1-2H3/b17-11-,18-12-,35-29-. The van der Waals surface area contributed by atoms with Crippen LogP contribution in [0.15, 0.2) is 36.0 Å². The predicted octanol–water partition coefficient (Wildman–Crippen LogP) is 11.4. The number of allylic oxidation sites excluding steroid dienone is 6. The Hall–Kier alpha value is -0.860. The van der Waals surface area contributed by atoms with Gasteiger partial charge in [-0.05, 0) is 96.1 Å². The van der Waals surface area contributed by atoms with Gasteiger partial charge in [0.1, 0.15) is 0 Å². The van der Waals surface area contributed by atoms with Gasteiger partial charge in [-0.15, -0.1) is 0 Å². The highest BCUT2D eigenvalue weighted by molar-refractivity contribution is 5.10. The predicted molar refractivity (Wildman–Crippen MR) is 175 cm³/mol. The smallest absolute Gasteiger partial charge is 0.00773 e. The average molecular weight is 531 g/mol. The first kappa shape index (κ1) is 37.1. The van der Waals surface area contributed by atoms with Crippen LogP contribution in [0.4, 0.5) is 0 Å². The van der Waals surface area contributed by atoms with Crippen molar-refractivity contribution in [2.45, 2.75) is 174 Å². The SMILES string of the molecule is CCCCC/C=C\C/C=C(/CCCCCCCCN)C(CC/C=C\CCCCC)CCCCCCCCN. The largest absolute Gasteiger partial charge is 0.330 e. The van der Waals surface area contributed by atoms with Crippen molar-refractivity contribution >= 4 is 0 Å². The summed E-state index contributed by atoms with van der Waals surface area (Å²) in [6.45, 7) is 6.28. The molecule has 0 saturated heterocycles. The van der Waals surface area contributed by atoms with Crippen LogP contribution in [0, 0.1) is 5.92 Å². The molecule has 0 amide bonds. The maximum absolute atomic E-state index is 5.67. The molecule has 0 aliphatic heterocycles. The minimum absolute atomic E-state index is 0.769. The Labute approximate surface area is 240 Å². The zero-order valence-corrected chi connectivity index (χ0v) is 26.2. The Morgan fingerprint density at radius 1 is 0.500 bits per heavy atom. The van der Waals surface area contributed by atoms with E-state index in [4.69, 9.17) is 11.5 Å². The van der Waals surface area contributed by atoms with Crippen molar-refractivity contribution in [2.24, 2.45) is 17.4 Å². The minimum Gasteiger partial charge on any atom is -0.330 e. The van der Waals surface area contributed by atoms with Crippen molar-refractivity contribution in [1.82, 2.24) is 0 Å². The molecule has 0 aliphatic rings. The molecule has 0 aromatic carbocycles. The van der Waals surface area contributed by atoms with E-state index in [0.717, 1.165) is 25.4 Å². The molecule has 2 heteroatoms. The zero-order valence-electron chi connectivity index (χ0n) is 26.2. The van der Waals surface area contributed by atoms with E-state index in [1.54, 1.807) is 5.57 Å². The lowest BCUT2D eigenvalue weighted by atomic mass is 9.85. The molecular formula is C36H70N2. The topological polar surface area (TPSA) is 52.0 Å². The van der Waals surface area contributed by atoms with Crippen molar-refractivity contribution in [3.8, 4) is 0 Å². The molecule has 0 fully saturated rings. The highest BCUT2D eigenvalue weighted by Crippen LogP contribution is 2.29. The van der Waals surface area contributed by atoms with Crippen molar-refractivity contribution in [3.63, 3.8) is 0 Å². The molecule has 0 saturated carbocycles. The second-order valence-corrected chi connectivity index (χ2v) is 11.6. The maximum atomic E-state index is 5.67. The minimum atomic E-state index is 0.769. The molecule has 4 N–H and O–H groups in total. The van der Waals surface area contributed by atoms with E-state index >= 15 is 0 Å². The summed E-state index contributed by atoms with van der Waals surface area (Å²) in [5, 5.41) is 0. The van der Waals surface area contributed by atoms with E-state index in [-0.39, 0.29) is 0 Å². The molecule has 0 heterocycles. The summed E-state index contributed by atoms with van der Waals surface area (Å²) in [7, 11) is 0. The van der Waals surface area contributed by atoms with Gasteiger partial charge in [0.05, 0.1) is 0 Å². The Bertz CT molecular complexity index is 533. The van der Waals surface area contributed by atoms with E-state index in [1.165, 1.54) is 154 Å². The van der Waals surface area contributed by atoms with E-state index < -0.39 is 0 Å². The quantitative estimate of drug-likeness (QED) is 0.0716. The molecule has 0 bridgehead atoms. The lowest BCUT2D eigenvalue weighted by molar-refractivity contribution is 0.459. The first-order valence-corrected chi connectivity index (χ1v) is 17.2. The summed E-state index contributed by atoms with van der Waals surface area (Å²) in [5.41, 5.74) is 13.1. The van der Waals surface area contributed by atoms with Crippen LogP contribution in [0.25, 0.3) is 0 Å². The number of nitrogens with two attached hydrogens (primary N) is 2. The van der Waals surface area contributed by atoms with Gasteiger partial charge in [0.25, 0.3) is 0 Å². The average Bonchev–Trinajstić information content (AvgIpc) is 2.93. The summed E-state index contributed by atoms with van der Waals surface area (Å²) in [4.78, 5) is 0. The molecule has 0 rings (SSSR count). The van der Waals surface area contributed by atoms with E-state index in [9.17, 15) is 0 Å². The van der Waals surface area contributed by atoms with Crippen molar-refractivity contribution in [2.75, 3.05) is 13.1 Å². The van der Waals surface area contributed by atoms with E-state index in [0.29, 0.717) is 0 Å². The summed E-state index contributed by atoms with van der Waals surface area (Å²) >= 11 is 0. The van der Waals surface area contributed by atoms with Crippen LogP contribution in [0.2, 0.25) is 0 Å². The molecule has 224 valence electrons. The fourth-order valence-electron chi connectivity index (χ4n) is 5.40. The molecular weight excluding hydrogens is 460 g/mol. The number of hydrogen-bond donors (Lipinski definition) is 2. The van der Waals surface area contributed by atoms with Crippen molar-refractivity contribution < 1.29 is 0 Å². The Balaban J connectivity index is 4.99. The Morgan fingerprint density at radius 3 is 1.58 bits per heavy atom. The monoisotopic (exact) mass is 531 g/mol. The molecule has 2 nitrogen and oxygen atoms in total. The third-order valence-corrected chi connectivity index (χ3v) is 7.93. The second kappa shape index (κ2) is 32.4. The van der Waals surface area contributed by atoms with E-state index in [1.807, 2.05) is 0 Å². The second-order valence-electron chi connectivity index (χ2n) is 11.6. The highest BCUT2D eigenvalue weighted by atomic mass is 14.5. The lowest BCUT2D eigenvalue weighted by Crippen LogP contribution is -2.06.